The molecule has 4 rings (SSSR count). The average molecular weight is 481 g/mol. The number of amides is 4. The van der Waals surface area contributed by atoms with E-state index < -0.39 is 35.8 Å². The van der Waals surface area contributed by atoms with Crippen molar-refractivity contribution in [2.75, 3.05) is 10.6 Å². The minimum Gasteiger partial charge on any atom is -0.324 e. The third-order valence-electron chi connectivity index (χ3n) is 5.36. The highest BCUT2D eigenvalue weighted by Gasteiger charge is 2.43. The van der Waals surface area contributed by atoms with E-state index in [0.29, 0.717) is 5.56 Å². The second-order valence-corrected chi connectivity index (χ2v) is 7.75. The molecule has 0 aliphatic carbocycles. The summed E-state index contributed by atoms with van der Waals surface area (Å²) < 4.78 is 37.7. The molecule has 178 valence electrons. The maximum absolute atomic E-state index is 13.3. The van der Waals surface area contributed by atoms with Crippen molar-refractivity contribution in [3.8, 4) is 0 Å². The van der Waals surface area contributed by atoms with Crippen LogP contribution in [0.3, 0.4) is 0 Å². The predicted molar refractivity (Wildman–Crippen MR) is 121 cm³/mol. The van der Waals surface area contributed by atoms with E-state index in [-0.39, 0.29) is 28.9 Å². The normalized spacial score (nSPS) is 13.9. The Labute approximate surface area is 197 Å². The Balaban J connectivity index is 1.61. The van der Waals surface area contributed by atoms with Crippen molar-refractivity contribution in [2.24, 2.45) is 0 Å². The lowest BCUT2D eigenvalue weighted by Gasteiger charge is -2.25. The molecule has 0 radical (unpaired) electrons. The number of imide groups is 1. The lowest BCUT2D eigenvalue weighted by Crippen LogP contribution is -2.48. The summed E-state index contributed by atoms with van der Waals surface area (Å²) in [6.45, 7) is 0. The van der Waals surface area contributed by atoms with Crippen LogP contribution in [0.2, 0.25) is 0 Å². The molecule has 35 heavy (non-hydrogen) atoms. The van der Waals surface area contributed by atoms with E-state index in [9.17, 15) is 32.3 Å². The Hall–Kier alpha value is -4.47. The molecule has 4 amide bonds. The molecule has 7 nitrogen and oxygen atoms in total. The van der Waals surface area contributed by atoms with E-state index in [4.69, 9.17) is 0 Å². The van der Waals surface area contributed by atoms with Crippen LogP contribution in [-0.2, 0) is 16.0 Å². The maximum Gasteiger partial charge on any atom is 0.471 e. The van der Waals surface area contributed by atoms with Crippen molar-refractivity contribution >= 4 is 35.0 Å². The quantitative estimate of drug-likeness (QED) is 0.520. The molecule has 0 bridgehead atoms. The zero-order valence-electron chi connectivity index (χ0n) is 18.0. The SMILES string of the molecule is O=C(Nc1cccc(NC(=O)C(F)(F)F)c1)C(Cc1ccccc1)N1C(=O)c2ccccc2C1=O. The van der Waals surface area contributed by atoms with Crippen LogP contribution in [-0.4, -0.2) is 40.7 Å². The van der Waals surface area contributed by atoms with Gasteiger partial charge in [0.2, 0.25) is 5.91 Å². The summed E-state index contributed by atoms with van der Waals surface area (Å²) >= 11 is 0. The van der Waals surface area contributed by atoms with Gasteiger partial charge in [0.15, 0.2) is 0 Å². The monoisotopic (exact) mass is 481 g/mol. The molecule has 0 saturated carbocycles. The number of alkyl halides is 3. The number of hydrogen-bond acceptors (Lipinski definition) is 4. The van der Waals surface area contributed by atoms with Crippen molar-refractivity contribution < 1.29 is 32.3 Å². The van der Waals surface area contributed by atoms with Crippen LogP contribution in [0.25, 0.3) is 0 Å². The Morgan fingerprint density at radius 1 is 0.771 bits per heavy atom. The number of nitrogens with zero attached hydrogens (tertiary/aromatic N) is 1. The molecule has 1 aliphatic heterocycles. The van der Waals surface area contributed by atoms with Crippen LogP contribution in [0.1, 0.15) is 26.3 Å². The van der Waals surface area contributed by atoms with Crippen molar-refractivity contribution in [1.82, 2.24) is 4.90 Å². The molecular weight excluding hydrogens is 463 g/mol. The largest absolute Gasteiger partial charge is 0.471 e. The summed E-state index contributed by atoms with van der Waals surface area (Å²) in [5.41, 5.74) is 0.936. The number of carbonyl (C=O) groups is 4. The predicted octanol–water partition coefficient (Wildman–Crippen LogP) is 4.03. The smallest absolute Gasteiger partial charge is 0.324 e. The molecule has 1 aliphatic rings. The highest BCUT2D eigenvalue weighted by Crippen LogP contribution is 2.27. The zero-order chi connectivity index (χ0) is 25.2. The molecule has 3 aromatic rings. The van der Waals surface area contributed by atoms with Gasteiger partial charge in [-0.05, 0) is 35.9 Å². The number of anilines is 2. The fourth-order valence-corrected chi connectivity index (χ4v) is 3.73. The van der Waals surface area contributed by atoms with Crippen LogP contribution < -0.4 is 10.6 Å². The number of fused-ring (bicyclic) bond motifs is 1. The Kier molecular flexibility index (Phi) is 6.37. The van der Waals surface area contributed by atoms with Gasteiger partial charge in [0.1, 0.15) is 6.04 Å². The fraction of sp³-hybridized carbons (Fsp3) is 0.120. The summed E-state index contributed by atoms with van der Waals surface area (Å²) in [6.07, 6.45) is -5.06. The lowest BCUT2D eigenvalue weighted by atomic mass is 10.0. The molecule has 0 aromatic heterocycles. The minimum atomic E-state index is -5.08. The molecular formula is C25H18F3N3O4. The van der Waals surface area contributed by atoms with Crippen LogP contribution >= 0.6 is 0 Å². The zero-order valence-corrected chi connectivity index (χ0v) is 18.0. The van der Waals surface area contributed by atoms with Gasteiger partial charge in [-0.25, -0.2) is 0 Å². The number of benzene rings is 3. The highest BCUT2D eigenvalue weighted by molar-refractivity contribution is 6.23. The first kappa shape index (κ1) is 23.7. The van der Waals surface area contributed by atoms with Crippen molar-refractivity contribution in [3.05, 3.63) is 95.6 Å². The van der Waals surface area contributed by atoms with Crippen LogP contribution in [0, 0.1) is 0 Å². The first-order valence-corrected chi connectivity index (χ1v) is 10.4. The van der Waals surface area contributed by atoms with Crippen molar-refractivity contribution in [1.29, 1.82) is 0 Å². The number of carbonyl (C=O) groups excluding carboxylic acids is 4. The summed E-state index contributed by atoms with van der Waals surface area (Å²) in [6, 6.07) is 18.9. The van der Waals surface area contributed by atoms with Gasteiger partial charge in [-0.3, -0.25) is 24.1 Å². The van der Waals surface area contributed by atoms with Crippen LogP contribution in [0.5, 0.6) is 0 Å². The van der Waals surface area contributed by atoms with Gasteiger partial charge >= 0.3 is 12.1 Å². The van der Waals surface area contributed by atoms with E-state index in [0.717, 1.165) is 11.0 Å². The van der Waals surface area contributed by atoms with Crippen LogP contribution in [0.4, 0.5) is 24.5 Å². The molecule has 1 atom stereocenters. The molecule has 3 aromatic carbocycles. The number of halogens is 3. The maximum atomic E-state index is 13.3. The number of nitrogens with one attached hydrogen (secondary N) is 2. The van der Waals surface area contributed by atoms with Gasteiger partial charge in [-0.1, -0.05) is 48.5 Å². The minimum absolute atomic E-state index is 0.0165. The Morgan fingerprint density at radius 3 is 1.89 bits per heavy atom. The second-order valence-electron chi connectivity index (χ2n) is 7.75. The van der Waals surface area contributed by atoms with E-state index in [1.807, 2.05) is 0 Å². The molecule has 10 heteroatoms. The molecule has 0 fully saturated rings. The van der Waals surface area contributed by atoms with Crippen molar-refractivity contribution in [3.63, 3.8) is 0 Å². The molecule has 1 heterocycles. The second kappa shape index (κ2) is 9.41. The average Bonchev–Trinajstić information content (AvgIpc) is 3.08. The first-order valence-electron chi connectivity index (χ1n) is 10.4. The lowest BCUT2D eigenvalue weighted by molar-refractivity contribution is -0.167. The van der Waals surface area contributed by atoms with Crippen LogP contribution in [0.15, 0.2) is 78.9 Å². The molecule has 0 saturated heterocycles. The Bertz CT molecular complexity index is 1270. The van der Waals surface area contributed by atoms with Gasteiger partial charge in [0, 0.05) is 17.8 Å². The van der Waals surface area contributed by atoms with Gasteiger partial charge in [-0.2, -0.15) is 13.2 Å². The molecule has 2 N–H and O–H groups in total. The summed E-state index contributed by atoms with van der Waals surface area (Å²) in [5.74, 6) is -4.11. The fourth-order valence-electron chi connectivity index (χ4n) is 3.73. The number of hydrogen-bond donors (Lipinski definition) is 2. The van der Waals surface area contributed by atoms with Gasteiger partial charge in [0.25, 0.3) is 11.8 Å². The molecule has 1 unspecified atom stereocenters. The van der Waals surface area contributed by atoms with Gasteiger partial charge in [0.05, 0.1) is 11.1 Å². The third-order valence-corrected chi connectivity index (χ3v) is 5.36. The summed E-state index contributed by atoms with van der Waals surface area (Å²) in [5, 5.41) is 4.25. The summed E-state index contributed by atoms with van der Waals surface area (Å²) in [4.78, 5) is 51.5. The standard InChI is InChI=1S/C25H18F3N3O4/c26-25(27,28)24(35)30-17-10-6-9-16(14-17)29-21(32)20(13-15-7-2-1-3-8-15)31-22(33)18-11-4-5-12-19(18)23(31)34/h1-12,14,20H,13H2,(H,29,32)(H,30,35). The van der Waals surface area contributed by atoms with Gasteiger partial charge < -0.3 is 10.6 Å². The van der Waals surface area contributed by atoms with E-state index >= 15 is 0 Å². The molecule has 0 spiro atoms. The first-order chi connectivity index (χ1) is 16.6. The number of rotatable bonds is 6. The van der Waals surface area contributed by atoms with E-state index in [2.05, 4.69) is 5.32 Å². The van der Waals surface area contributed by atoms with Gasteiger partial charge in [-0.15, -0.1) is 0 Å². The van der Waals surface area contributed by atoms with Crippen molar-refractivity contribution in [2.45, 2.75) is 18.6 Å². The van der Waals surface area contributed by atoms with E-state index in [1.165, 1.54) is 30.3 Å². The third kappa shape index (κ3) is 5.06. The highest BCUT2D eigenvalue weighted by atomic mass is 19.4. The summed E-state index contributed by atoms with van der Waals surface area (Å²) in [7, 11) is 0. The van der Waals surface area contributed by atoms with E-state index in [1.54, 1.807) is 47.8 Å². The Morgan fingerprint density at radius 2 is 1.31 bits per heavy atom. The topological polar surface area (TPSA) is 95.6 Å².